The number of H-pyrrole nitrogens is 2. The molecule has 0 unspecified atom stereocenters. The molecule has 0 atom stereocenters. The molecule has 4 nitrogen and oxygen atoms in total. The van der Waals surface area contributed by atoms with Gasteiger partial charge in [-0.1, -0.05) is 0 Å². The van der Waals surface area contributed by atoms with E-state index in [2.05, 4.69) is 15.2 Å². The Balaban J connectivity index is 2.53. The molecule has 0 amide bonds. The van der Waals surface area contributed by atoms with E-state index in [9.17, 15) is 4.79 Å². The van der Waals surface area contributed by atoms with Crippen LogP contribution in [0.25, 0.3) is 11.4 Å². The van der Waals surface area contributed by atoms with Crippen molar-refractivity contribution in [3.8, 4) is 11.4 Å². The molecule has 2 aromatic heterocycles. The Hall–Kier alpha value is -1.36. The molecular weight excluding hydrogens is 162 g/mol. The van der Waals surface area contributed by atoms with Crippen molar-refractivity contribution in [3.05, 3.63) is 27.3 Å². The van der Waals surface area contributed by atoms with E-state index in [0.717, 1.165) is 5.56 Å². The van der Waals surface area contributed by atoms with Crippen LogP contribution in [-0.4, -0.2) is 15.2 Å². The van der Waals surface area contributed by atoms with Gasteiger partial charge in [-0.15, -0.1) is 0 Å². The molecule has 0 radical (unpaired) electrons. The fourth-order valence-electron chi connectivity index (χ4n) is 0.806. The van der Waals surface area contributed by atoms with Crippen molar-refractivity contribution in [1.82, 2.24) is 15.2 Å². The smallest absolute Gasteiger partial charge is 0.289 e. The molecular formula is C6H5N3OS. The highest BCUT2D eigenvalue weighted by atomic mass is 32.1. The topological polar surface area (TPSA) is 61.5 Å². The van der Waals surface area contributed by atoms with Crippen LogP contribution >= 0.6 is 11.3 Å². The number of nitrogens with one attached hydrogen (secondary N) is 2. The first-order chi connectivity index (χ1) is 5.36. The van der Waals surface area contributed by atoms with Gasteiger partial charge in [-0.2, -0.15) is 16.4 Å². The highest BCUT2D eigenvalue weighted by Gasteiger charge is 2.00. The molecule has 0 aliphatic heterocycles. The molecule has 2 aromatic rings. The lowest BCUT2D eigenvalue weighted by molar-refractivity contribution is 1.05. The van der Waals surface area contributed by atoms with E-state index in [1.807, 2.05) is 16.8 Å². The Bertz CT molecular complexity index is 386. The van der Waals surface area contributed by atoms with Crippen molar-refractivity contribution >= 4 is 11.3 Å². The summed E-state index contributed by atoms with van der Waals surface area (Å²) in [6.45, 7) is 0. The van der Waals surface area contributed by atoms with Gasteiger partial charge in [0.15, 0.2) is 5.82 Å². The highest BCUT2D eigenvalue weighted by Crippen LogP contribution is 2.15. The number of thiophene rings is 1. The van der Waals surface area contributed by atoms with Crippen molar-refractivity contribution in [2.24, 2.45) is 0 Å². The number of hydrogen-bond acceptors (Lipinski definition) is 3. The third-order valence-electron chi connectivity index (χ3n) is 1.30. The zero-order valence-corrected chi connectivity index (χ0v) is 6.31. The molecule has 0 saturated carbocycles. The van der Waals surface area contributed by atoms with Crippen LogP contribution in [0.2, 0.25) is 0 Å². The van der Waals surface area contributed by atoms with Crippen LogP contribution in [0.4, 0.5) is 0 Å². The lowest BCUT2D eigenvalue weighted by Crippen LogP contribution is -2.00. The van der Waals surface area contributed by atoms with Crippen molar-refractivity contribution < 1.29 is 0 Å². The van der Waals surface area contributed by atoms with E-state index in [4.69, 9.17) is 0 Å². The van der Waals surface area contributed by atoms with Crippen molar-refractivity contribution in [2.75, 3.05) is 0 Å². The average Bonchev–Trinajstić information content (AvgIpc) is 2.55. The molecule has 0 fully saturated rings. The summed E-state index contributed by atoms with van der Waals surface area (Å²) >= 11 is 1.57. The van der Waals surface area contributed by atoms with E-state index in [1.165, 1.54) is 0 Å². The van der Waals surface area contributed by atoms with Gasteiger partial charge in [-0.25, -0.2) is 9.89 Å². The van der Waals surface area contributed by atoms with Gasteiger partial charge in [-0.05, 0) is 11.4 Å². The first-order valence-electron chi connectivity index (χ1n) is 3.03. The summed E-state index contributed by atoms with van der Waals surface area (Å²) in [7, 11) is 0. The Morgan fingerprint density at radius 2 is 2.45 bits per heavy atom. The van der Waals surface area contributed by atoms with E-state index in [-0.39, 0.29) is 5.69 Å². The number of nitrogens with zero attached hydrogens (tertiary/aromatic N) is 1. The van der Waals surface area contributed by atoms with E-state index < -0.39 is 0 Å². The quantitative estimate of drug-likeness (QED) is 0.660. The van der Waals surface area contributed by atoms with Crippen LogP contribution in [0, 0.1) is 0 Å². The van der Waals surface area contributed by atoms with Gasteiger partial charge in [0.25, 0.3) is 0 Å². The maximum Gasteiger partial charge on any atom is 0.340 e. The zero-order chi connectivity index (χ0) is 7.68. The predicted molar refractivity (Wildman–Crippen MR) is 42.5 cm³/mol. The molecule has 0 aliphatic carbocycles. The summed E-state index contributed by atoms with van der Waals surface area (Å²) in [5, 5.41) is 9.93. The van der Waals surface area contributed by atoms with Crippen molar-refractivity contribution in [3.63, 3.8) is 0 Å². The van der Waals surface area contributed by atoms with E-state index in [1.54, 1.807) is 11.3 Å². The molecule has 2 heterocycles. The Morgan fingerprint density at radius 3 is 3.00 bits per heavy atom. The van der Waals surface area contributed by atoms with Crippen LogP contribution in [0.3, 0.4) is 0 Å². The van der Waals surface area contributed by atoms with Crippen LogP contribution in [0.1, 0.15) is 0 Å². The molecule has 11 heavy (non-hydrogen) atoms. The minimum absolute atomic E-state index is 0.272. The maximum atomic E-state index is 10.6. The molecule has 5 heteroatoms. The van der Waals surface area contributed by atoms with Crippen LogP contribution in [0.15, 0.2) is 21.6 Å². The fraction of sp³-hybridized carbons (Fsp3) is 0. The van der Waals surface area contributed by atoms with Crippen molar-refractivity contribution in [1.29, 1.82) is 0 Å². The second kappa shape index (κ2) is 2.35. The second-order valence-corrected chi connectivity index (χ2v) is 2.82. The summed E-state index contributed by atoms with van der Waals surface area (Å²) < 4.78 is 0. The maximum absolute atomic E-state index is 10.6. The number of hydrogen-bond donors (Lipinski definition) is 2. The van der Waals surface area contributed by atoms with Crippen LogP contribution in [-0.2, 0) is 0 Å². The highest BCUT2D eigenvalue weighted by molar-refractivity contribution is 7.08. The monoisotopic (exact) mass is 167 g/mol. The van der Waals surface area contributed by atoms with Crippen LogP contribution in [0.5, 0.6) is 0 Å². The summed E-state index contributed by atoms with van der Waals surface area (Å²) in [4.78, 5) is 13.2. The van der Waals surface area contributed by atoms with Crippen LogP contribution < -0.4 is 5.69 Å². The van der Waals surface area contributed by atoms with Gasteiger partial charge in [0.05, 0.1) is 0 Å². The molecule has 2 N–H and O–H groups in total. The Kier molecular flexibility index (Phi) is 1.36. The summed E-state index contributed by atoms with van der Waals surface area (Å²) in [6.07, 6.45) is 0. The average molecular weight is 167 g/mol. The molecule has 0 spiro atoms. The lowest BCUT2D eigenvalue weighted by atomic mass is 10.3. The van der Waals surface area contributed by atoms with Gasteiger partial charge in [-0.3, -0.25) is 4.98 Å². The van der Waals surface area contributed by atoms with Gasteiger partial charge in [0.2, 0.25) is 0 Å². The second-order valence-electron chi connectivity index (χ2n) is 2.04. The lowest BCUT2D eigenvalue weighted by Gasteiger charge is -1.83. The minimum atomic E-state index is -0.272. The standard InChI is InChI=1S/C6H5N3OS/c10-6-7-5(8-9-6)4-1-2-11-3-4/h1-3H,(H2,7,8,9,10). The van der Waals surface area contributed by atoms with Gasteiger partial charge < -0.3 is 0 Å². The fourth-order valence-corrected chi connectivity index (χ4v) is 1.45. The van der Waals surface area contributed by atoms with Gasteiger partial charge in [0, 0.05) is 10.9 Å². The SMILES string of the molecule is O=c1[nH]nc(-c2ccsc2)[nH]1. The summed E-state index contributed by atoms with van der Waals surface area (Å²) in [5.74, 6) is 0.594. The normalized spacial score (nSPS) is 10.2. The van der Waals surface area contributed by atoms with Gasteiger partial charge in [0.1, 0.15) is 0 Å². The largest absolute Gasteiger partial charge is 0.340 e. The Morgan fingerprint density at radius 1 is 1.55 bits per heavy atom. The predicted octanol–water partition coefficient (Wildman–Crippen LogP) is 0.826. The summed E-state index contributed by atoms with van der Waals surface area (Å²) in [5.41, 5.74) is 0.666. The number of rotatable bonds is 1. The molecule has 0 aromatic carbocycles. The minimum Gasteiger partial charge on any atom is -0.289 e. The Labute approximate surface area is 65.9 Å². The summed E-state index contributed by atoms with van der Waals surface area (Å²) in [6, 6.07) is 1.90. The molecule has 0 saturated heterocycles. The zero-order valence-electron chi connectivity index (χ0n) is 5.50. The molecule has 0 bridgehead atoms. The van der Waals surface area contributed by atoms with Crippen molar-refractivity contribution in [2.45, 2.75) is 0 Å². The third-order valence-corrected chi connectivity index (χ3v) is 1.98. The number of aromatic nitrogens is 3. The van der Waals surface area contributed by atoms with Gasteiger partial charge >= 0.3 is 5.69 Å². The number of aromatic amines is 2. The van der Waals surface area contributed by atoms with E-state index >= 15 is 0 Å². The molecule has 2 rings (SSSR count). The first-order valence-corrected chi connectivity index (χ1v) is 3.98. The molecule has 56 valence electrons. The first kappa shape index (κ1) is 6.36. The molecule has 0 aliphatic rings. The third kappa shape index (κ3) is 1.10. The van der Waals surface area contributed by atoms with E-state index in [0.29, 0.717) is 5.82 Å².